The van der Waals surface area contributed by atoms with Crippen LogP contribution < -0.4 is 0 Å². The van der Waals surface area contributed by atoms with Crippen LogP contribution in [-0.2, 0) is 0 Å². The second-order valence-corrected chi connectivity index (χ2v) is 6.58. The highest BCUT2D eigenvalue weighted by molar-refractivity contribution is 5.96. The number of carbonyl (C=O) groups is 1. The van der Waals surface area contributed by atoms with Crippen molar-refractivity contribution in [2.45, 2.75) is 52.5 Å². The third-order valence-electron chi connectivity index (χ3n) is 4.56. The first-order valence-corrected chi connectivity index (χ1v) is 8.57. The van der Waals surface area contributed by atoms with E-state index in [1.165, 1.54) is 0 Å². The lowest BCUT2D eigenvalue weighted by molar-refractivity contribution is 0.0736. The normalized spacial score (nSPS) is 14.2. The van der Waals surface area contributed by atoms with Crippen LogP contribution in [0, 0.1) is 20.8 Å². The Morgan fingerprint density at radius 1 is 1.33 bits per heavy atom. The Hall–Kier alpha value is -2.08. The summed E-state index contributed by atoms with van der Waals surface area (Å²) in [6.45, 7) is 6.65. The summed E-state index contributed by atoms with van der Waals surface area (Å²) in [5, 5.41) is 13.0. The van der Waals surface area contributed by atoms with Gasteiger partial charge in [0, 0.05) is 36.6 Å². The number of hydrogen-bond acceptors (Lipinski definition) is 4. The number of aliphatic hydroxyl groups is 1. The van der Waals surface area contributed by atoms with Gasteiger partial charge >= 0.3 is 0 Å². The molecule has 1 fully saturated rings. The molecule has 1 aliphatic rings. The van der Waals surface area contributed by atoms with E-state index in [2.05, 4.69) is 5.16 Å². The molecule has 0 aliphatic heterocycles. The molecule has 1 N–H and O–H groups in total. The fourth-order valence-corrected chi connectivity index (χ4v) is 3.18. The Morgan fingerprint density at radius 3 is 2.67 bits per heavy atom. The number of carbonyl (C=O) groups excluding carboxylic acids is 1. The number of unbranched alkanes of at least 4 members (excludes halogenated alkanes) is 1. The summed E-state index contributed by atoms with van der Waals surface area (Å²) in [7, 11) is 0. The molecule has 0 saturated heterocycles. The van der Waals surface area contributed by atoms with Crippen LogP contribution in [0.1, 0.15) is 53.2 Å². The molecule has 0 atom stereocenters. The van der Waals surface area contributed by atoms with Crippen molar-refractivity contribution in [3.05, 3.63) is 34.8 Å². The van der Waals surface area contributed by atoms with Gasteiger partial charge in [0.05, 0.1) is 5.56 Å². The van der Waals surface area contributed by atoms with Crippen LogP contribution in [-0.4, -0.2) is 44.8 Å². The van der Waals surface area contributed by atoms with Gasteiger partial charge in [0.1, 0.15) is 5.76 Å². The van der Waals surface area contributed by atoms with Crippen molar-refractivity contribution in [2.75, 3.05) is 13.2 Å². The number of aromatic nitrogens is 2. The van der Waals surface area contributed by atoms with Gasteiger partial charge < -0.3 is 14.5 Å². The van der Waals surface area contributed by atoms with Gasteiger partial charge in [-0.3, -0.25) is 9.36 Å². The predicted molar refractivity (Wildman–Crippen MR) is 90.4 cm³/mol. The lowest BCUT2D eigenvalue weighted by Gasteiger charge is -2.22. The smallest absolute Gasteiger partial charge is 0.255 e. The summed E-state index contributed by atoms with van der Waals surface area (Å²) in [6.07, 6.45) is 3.71. The molecule has 3 rings (SSSR count). The zero-order valence-electron chi connectivity index (χ0n) is 14.6. The number of amides is 1. The Bertz CT molecular complexity index is 728. The maximum Gasteiger partial charge on any atom is 0.255 e. The second kappa shape index (κ2) is 6.81. The zero-order chi connectivity index (χ0) is 17.3. The fourth-order valence-electron chi connectivity index (χ4n) is 3.18. The van der Waals surface area contributed by atoms with E-state index in [1.807, 2.05) is 42.4 Å². The van der Waals surface area contributed by atoms with Crippen LogP contribution in [0.15, 0.2) is 16.7 Å². The summed E-state index contributed by atoms with van der Waals surface area (Å²) >= 11 is 0. The molecule has 0 radical (unpaired) electrons. The molecule has 6 heteroatoms. The Kier molecular flexibility index (Phi) is 4.76. The lowest BCUT2D eigenvalue weighted by atomic mass is 10.2. The molecule has 2 aromatic rings. The average molecular weight is 331 g/mol. The van der Waals surface area contributed by atoms with Crippen molar-refractivity contribution < 1.29 is 14.4 Å². The van der Waals surface area contributed by atoms with Crippen molar-refractivity contribution in [3.8, 4) is 5.82 Å². The topological polar surface area (TPSA) is 71.5 Å². The molecule has 0 bridgehead atoms. The SMILES string of the molecule is Cc1cc(-n2c(C)cc(C(=O)N(CCCCO)C3CC3)c2C)no1. The van der Waals surface area contributed by atoms with Crippen LogP contribution in [0.3, 0.4) is 0 Å². The molecule has 2 aromatic heterocycles. The van der Waals surface area contributed by atoms with E-state index < -0.39 is 0 Å². The van der Waals surface area contributed by atoms with E-state index in [0.717, 1.165) is 48.4 Å². The van der Waals surface area contributed by atoms with Crippen LogP contribution >= 0.6 is 0 Å². The van der Waals surface area contributed by atoms with Gasteiger partial charge in [0.15, 0.2) is 5.82 Å². The molecular formula is C18H25N3O3. The Morgan fingerprint density at radius 2 is 2.08 bits per heavy atom. The van der Waals surface area contributed by atoms with Gasteiger partial charge in [-0.2, -0.15) is 0 Å². The van der Waals surface area contributed by atoms with E-state index in [4.69, 9.17) is 9.63 Å². The summed E-state index contributed by atoms with van der Waals surface area (Å²) in [4.78, 5) is 15.0. The number of hydrogen-bond donors (Lipinski definition) is 1. The molecule has 0 spiro atoms. The molecule has 1 saturated carbocycles. The Balaban J connectivity index is 1.86. The van der Waals surface area contributed by atoms with Crippen LogP contribution in [0.25, 0.3) is 5.82 Å². The minimum atomic E-state index is 0.0787. The molecule has 130 valence electrons. The lowest BCUT2D eigenvalue weighted by Crippen LogP contribution is -2.34. The quantitative estimate of drug-likeness (QED) is 0.792. The molecule has 1 aliphatic carbocycles. The van der Waals surface area contributed by atoms with Crippen LogP contribution in [0.2, 0.25) is 0 Å². The van der Waals surface area contributed by atoms with Crippen LogP contribution in [0.5, 0.6) is 0 Å². The molecule has 24 heavy (non-hydrogen) atoms. The number of nitrogens with zero attached hydrogens (tertiary/aromatic N) is 3. The zero-order valence-corrected chi connectivity index (χ0v) is 14.6. The third-order valence-corrected chi connectivity index (χ3v) is 4.56. The van der Waals surface area contributed by atoms with Gasteiger partial charge in [-0.15, -0.1) is 0 Å². The molecule has 2 heterocycles. The standard InChI is InChI=1S/C18H25N3O3/c1-12-10-16(14(3)21(12)17-11-13(2)24-19-17)18(23)20(15-6-7-15)8-4-5-9-22/h10-11,15,22H,4-9H2,1-3H3. The van der Waals surface area contributed by atoms with Gasteiger partial charge in [0.25, 0.3) is 5.91 Å². The minimum absolute atomic E-state index is 0.0787. The monoisotopic (exact) mass is 331 g/mol. The van der Waals surface area contributed by atoms with Gasteiger partial charge in [-0.05, 0) is 52.5 Å². The fraction of sp³-hybridized carbons (Fsp3) is 0.556. The van der Waals surface area contributed by atoms with Crippen molar-refractivity contribution in [1.29, 1.82) is 0 Å². The van der Waals surface area contributed by atoms with Crippen molar-refractivity contribution in [3.63, 3.8) is 0 Å². The highest BCUT2D eigenvalue weighted by Crippen LogP contribution is 2.30. The Labute approximate surface area is 142 Å². The largest absolute Gasteiger partial charge is 0.396 e. The first kappa shape index (κ1) is 16.8. The molecule has 1 amide bonds. The van der Waals surface area contributed by atoms with Crippen LogP contribution in [0.4, 0.5) is 0 Å². The highest BCUT2D eigenvalue weighted by Gasteiger charge is 2.34. The minimum Gasteiger partial charge on any atom is -0.396 e. The second-order valence-electron chi connectivity index (χ2n) is 6.58. The predicted octanol–water partition coefficient (Wildman–Crippen LogP) is 2.77. The van der Waals surface area contributed by atoms with Crippen molar-refractivity contribution >= 4 is 5.91 Å². The first-order valence-electron chi connectivity index (χ1n) is 8.57. The summed E-state index contributed by atoms with van der Waals surface area (Å²) < 4.78 is 7.13. The molecule has 0 aromatic carbocycles. The van der Waals surface area contributed by atoms with Gasteiger partial charge in [-0.1, -0.05) is 5.16 Å². The number of aliphatic hydroxyl groups excluding tert-OH is 1. The first-order chi connectivity index (χ1) is 11.5. The van der Waals surface area contributed by atoms with Gasteiger partial charge in [-0.25, -0.2) is 0 Å². The maximum absolute atomic E-state index is 13.0. The third kappa shape index (κ3) is 3.24. The van der Waals surface area contributed by atoms with E-state index in [1.54, 1.807) is 0 Å². The highest BCUT2D eigenvalue weighted by atomic mass is 16.5. The average Bonchev–Trinajstić information content (AvgIpc) is 3.23. The molecule has 6 nitrogen and oxygen atoms in total. The molecular weight excluding hydrogens is 306 g/mol. The van der Waals surface area contributed by atoms with Crippen molar-refractivity contribution in [1.82, 2.24) is 14.6 Å². The van der Waals surface area contributed by atoms with E-state index in [9.17, 15) is 4.79 Å². The van der Waals surface area contributed by atoms with E-state index >= 15 is 0 Å². The van der Waals surface area contributed by atoms with E-state index in [0.29, 0.717) is 18.4 Å². The number of aryl methyl sites for hydroxylation is 2. The summed E-state index contributed by atoms with van der Waals surface area (Å²) in [5.74, 6) is 1.53. The van der Waals surface area contributed by atoms with Crippen molar-refractivity contribution in [2.24, 2.45) is 0 Å². The maximum atomic E-state index is 13.0. The number of rotatable bonds is 7. The van der Waals surface area contributed by atoms with E-state index in [-0.39, 0.29) is 12.5 Å². The summed E-state index contributed by atoms with van der Waals surface area (Å²) in [5.41, 5.74) is 2.58. The summed E-state index contributed by atoms with van der Waals surface area (Å²) in [6, 6.07) is 4.16. The molecule has 0 unspecified atom stereocenters. The van der Waals surface area contributed by atoms with Gasteiger partial charge in [0.2, 0.25) is 0 Å².